The van der Waals surface area contributed by atoms with Crippen LogP contribution >= 0.6 is 11.6 Å². The molecule has 1 aromatic carbocycles. The largest absolute Gasteiger partial charge is 0.361 e. The maximum atomic E-state index is 11.8. The average Bonchev–Trinajstić information content (AvgIpc) is 2.80. The van der Waals surface area contributed by atoms with Crippen molar-refractivity contribution < 1.29 is 4.79 Å². The Labute approximate surface area is 117 Å². The average molecular weight is 277 g/mol. The second-order valence-corrected chi connectivity index (χ2v) is 5.53. The third-order valence-electron chi connectivity index (χ3n) is 3.80. The number of aromatic nitrogens is 1. The van der Waals surface area contributed by atoms with Gasteiger partial charge in [0.15, 0.2) is 0 Å². The van der Waals surface area contributed by atoms with Gasteiger partial charge in [0.1, 0.15) is 0 Å². The van der Waals surface area contributed by atoms with E-state index in [1.807, 2.05) is 29.3 Å². The number of rotatable bonds is 3. The molecule has 3 nitrogen and oxygen atoms in total. The minimum Gasteiger partial charge on any atom is -0.361 e. The maximum Gasteiger partial charge on any atom is 0.222 e. The van der Waals surface area contributed by atoms with E-state index in [2.05, 4.69) is 4.98 Å². The molecule has 1 N–H and O–H groups in total. The third kappa shape index (κ3) is 2.61. The van der Waals surface area contributed by atoms with Crippen LogP contribution in [0.15, 0.2) is 24.4 Å². The number of aromatic amines is 1. The zero-order chi connectivity index (χ0) is 13.2. The molecule has 0 saturated carbocycles. The number of likely N-dealkylation sites (tertiary alicyclic amines) is 1. The summed E-state index contributed by atoms with van der Waals surface area (Å²) >= 11 is 5.97. The first kappa shape index (κ1) is 12.5. The number of hydrogen-bond acceptors (Lipinski definition) is 1. The van der Waals surface area contributed by atoms with Crippen LogP contribution in [0, 0.1) is 0 Å². The molecule has 0 radical (unpaired) electrons. The number of nitrogens with one attached hydrogen (secondary N) is 1. The molecule has 2 aromatic rings. The molecule has 0 aliphatic carbocycles. The van der Waals surface area contributed by atoms with E-state index >= 15 is 0 Å². The van der Waals surface area contributed by atoms with Crippen molar-refractivity contribution in [3.8, 4) is 0 Å². The fourth-order valence-electron chi connectivity index (χ4n) is 2.72. The van der Waals surface area contributed by atoms with E-state index in [1.54, 1.807) is 0 Å². The zero-order valence-electron chi connectivity index (χ0n) is 10.8. The summed E-state index contributed by atoms with van der Waals surface area (Å²) in [7, 11) is 0. The molecule has 3 rings (SSSR count). The van der Waals surface area contributed by atoms with E-state index in [0.29, 0.717) is 12.3 Å². The summed E-state index contributed by atoms with van der Waals surface area (Å²) in [5.74, 6) is 0.300. The molecule has 1 aliphatic heterocycles. The molecular formula is C15H17ClN2O. The second-order valence-electron chi connectivity index (χ2n) is 5.09. The number of nitrogens with zero attached hydrogens (tertiary/aromatic N) is 1. The summed E-state index contributed by atoms with van der Waals surface area (Å²) in [6.07, 6.45) is 5.81. The van der Waals surface area contributed by atoms with E-state index in [4.69, 9.17) is 11.6 Å². The summed E-state index contributed by atoms with van der Waals surface area (Å²) in [5, 5.41) is 1.95. The fraction of sp³-hybridized carbons (Fsp3) is 0.400. The lowest BCUT2D eigenvalue weighted by Crippen LogP contribution is -2.36. The summed E-state index contributed by atoms with van der Waals surface area (Å²) in [5.41, 5.74) is 2.32. The Bertz CT molecular complexity index is 605. The van der Waals surface area contributed by atoms with Crippen LogP contribution in [-0.4, -0.2) is 28.9 Å². The lowest BCUT2D eigenvalue weighted by atomic mass is 10.1. The van der Waals surface area contributed by atoms with Gasteiger partial charge >= 0.3 is 0 Å². The van der Waals surface area contributed by atoms with Crippen LogP contribution in [0.2, 0.25) is 5.02 Å². The number of carbonyl (C=O) groups is 1. The van der Waals surface area contributed by atoms with Gasteiger partial charge in [-0.15, -0.1) is 0 Å². The van der Waals surface area contributed by atoms with Crippen molar-refractivity contribution in [1.82, 2.24) is 9.88 Å². The smallest absolute Gasteiger partial charge is 0.222 e. The normalized spacial score (nSPS) is 16.3. The monoisotopic (exact) mass is 276 g/mol. The van der Waals surface area contributed by atoms with E-state index in [9.17, 15) is 4.79 Å². The summed E-state index contributed by atoms with van der Waals surface area (Å²) in [4.78, 5) is 17.0. The molecule has 19 heavy (non-hydrogen) atoms. The van der Waals surface area contributed by atoms with Crippen molar-refractivity contribution in [2.45, 2.75) is 25.7 Å². The van der Waals surface area contributed by atoms with Crippen molar-refractivity contribution in [2.75, 3.05) is 13.1 Å². The molecule has 2 heterocycles. The van der Waals surface area contributed by atoms with Crippen molar-refractivity contribution in [3.63, 3.8) is 0 Å². The van der Waals surface area contributed by atoms with Gasteiger partial charge in [-0.3, -0.25) is 4.79 Å². The zero-order valence-corrected chi connectivity index (χ0v) is 11.5. The lowest BCUT2D eigenvalue weighted by Gasteiger charge is -2.26. The Balaban J connectivity index is 1.73. The van der Waals surface area contributed by atoms with E-state index in [1.165, 1.54) is 10.9 Å². The highest BCUT2D eigenvalue weighted by atomic mass is 35.5. The van der Waals surface area contributed by atoms with Crippen molar-refractivity contribution in [3.05, 3.63) is 35.0 Å². The van der Waals surface area contributed by atoms with Gasteiger partial charge < -0.3 is 9.88 Å². The third-order valence-corrected chi connectivity index (χ3v) is 4.04. The number of fused-ring (bicyclic) bond motifs is 1. The van der Waals surface area contributed by atoms with Gasteiger partial charge in [-0.25, -0.2) is 0 Å². The van der Waals surface area contributed by atoms with Gasteiger partial charge in [0.05, 0.1) is 0 Å². The number of piperidine rings is 1. The summed E-state index contributed by atoms with van der Waals surface area (Å²) in [6.45, 7) is 1.72. The minimum absolute atomic E-state index is 0.300. The summed E-state index contributed by atoms with van der Waals surface area (Å²) in [6, 6.07) is 5.89. The Morgan fingerprint density at radius 2 is 2.21 bits per heavy atom. The number of hydrogen-bond donors (Lipinski definition) is 1. The first-order valence-corrected chi connectivity index (χ1v) is 7.15. The second kappa shape index (κ2) is 5.25. The Kier molecular flexibility index (Phi) is 3.47. The standard InChI is InChI=1S/C15H17ClN2O/c16-12-4-5-13-11(10-17-14(13)9-12)6-8-18-7-2-1-3-15(18)19/h4-5,9-10,17H,1-3,6-8H2. The first-order chi connectivity index (χ1) is 9.24. The van der Waals surface area contributed by atoms with Gasteiger partial charge in [0, 0.05) is 41.6 Å². The predicted octanol–water partition coefficient (Wildman–Crippen LogP) is 3.38. The number of carbonyl (C=O) groups excluding carboxylic acids is 1. The highest BCUT2D eigenvalue weighted by Crippen LogP contribution is 2.23. The Morgan fingerprint density at radius 1 is 1.32 bits per heavy atom. The fourth-order valence-corrected chi connectivity index (χ4v) is 2.89. The van der Waals surface area contributed by atoms with Crippen molar-refractivity contribution >= 4 is 28.4 Å². The SMILES string of the molecule is O=C1CCCCN1CCc1c[nH]c2cc(Cl)ccc12. The molecule has 1 fully saturated rings. The quantitative estimate of drug-likeness (QED) is 0.917. The summed E-state index contributed by atoms with van der Waals surface area (Å²) < 4.78 is 0. The van der Waals surface area contributed by atoms with E-state index in [-0.39, 0.29) is 0 Å². The Morgan fingerprint density at radius 3 is 3.05 bits per heavy atom. The Hall–Kier alpha value is -1.48. The van der Waals surface area contributed by atoms with E-state index < -0.39 is 0 Å². The van der Waals surface area contributed by atoms with Crippen LogP contribution in [0.4, 0.5) is 0 Å². The molecular weight excluding hydrogens is 260 g/mol. The van der Waals surface area contributed by atoms with Crippen LogP contribution in [-0.2, 0) is 11.2 Å². The highest BCUT2D eigenvalue weighted by molar-refractivity contribution is 6.31. The van der Waals surface area contributed by atoms with Crippen LogP contribution in [0.3, 0.4) is 0 Å². The predicted molar refractivity (Wildman–Crippen MR) is 77.4 cm³/mol. The molecule has 1 aromatic heterocycles. The van der Waals surface area contributed by atoms with Gasteiger partial charge in [-0.2, -0.15) is 0 Å². The van der Waals surface area contributed by atoms with Gasteiger partial charge in [-0.1, -0.05) is 17.7 Å². The van der Waals surface area contributed by atoms with Gasteiger partial charge in [0.2, 0.25) is 5.91 Å². The lowest BCUT2D eigenvalue weighted by molar-refractivity contribution is -0.133. The van der Waals surface area contributed by atoms with Gasteiger partial charge in [-0.05, 0) is 37.0 Å². The number of benzene rings is 1. The number of H-pyrrole nitrogens is 1. The van der Waals surface area contributed by atoms with Crippen LogP contribution < -0.4 is 0 Å². The molecule has 1 aliphatic rings. The molecule has 1 saturated heterocycles. The first-order valence-electron chi connectivity index (χ1n) is 6.77. The molecule has 1 amide bonds. The highest BCUT2D eigenvalue weighted by Gasteiger charge is 2.17. The topological polar surface area (TPSA) is 36.1 Å². The number of halogens is 1. The van der Waals surface area contributed by atoms with Crippen LogP contribution in [0.5, 0.6) is 0 Å². The molecule has 0 bridgehead atoms. The van der Waals surface area contributed by atoms with Gasteiger partial charge in [0.25, 0.3) is 0 Å². The molecule has 0 unspecified atom stereocenters. The minimum atomic E-state index is 0.300. The number of amides is 1. The van der Waals surface area contributed by atoms with Crippen LogP contribution in [0.1, 0.15) is 24.8 Å². The van der Waals surface area contributed by atoms with Crippen molar-refractivity contribution in [1.29, 1.82) is 0 Å². The maximum absolute atomic E-state index is 11.8. The molecule has 4 heteroatoms. The molecule has 0 atom stereocenters. The molecule has 100 valence electrons. The van der Waals surface area contributed by atoms with Crippen molar-refractivity contribution in [2.24, 2.45) is 0 Å². The van der Waals surface area contributed by atoms with Crippen LogP contribution in [0.25, 0.3) is 10.9 Å². The van der Waals surface area contributed by atoms with E-state index in [0.717, 1.165) is 42.9 Å². The molecule has 0 spiro atoms.